The molecule has 0 radical (unpaired) electrons. The van der Waals surface area contributed by atoms with E-state index in [-0.39, 0.29) is 5.56 Å². The molecular weight excluding hydrogens is 452 g/mol. The van der Waals surface area contributed by atoms with Gasteiger partial charge in [-0.2, -0.15) is 0 Å². The van der Waals surface area contributed by atoms with Crippen molar-refractivity contribution in [2.45, 2.75) is 50.7 Å². The first-order valence-corrected chi connectivity index (χ1v) is 13.2. The third-order valence-electron chi connectivity index (χ3n) is 7.66. The smallest absolute Gasteiger partial charge is 0.262 e. The van der Waals surface area contributed by atoms with Gasteiger partial charge in [-0.05, 0) is 60.4 Å². The summed E-state index contributed by atoms with van der Waals surface area (Å²) in [5, 5.41) is 5.84. The summed E-state index contributed by atoms with van der Waals surface area (Å²) in [6.07, 6.45) is 8.80. The summed E-state index contributed by atoms with van der Waals surface area (Å²) in [4.78, 5) is 25.1. The number of pyridine rings is 1. The van der Waals surface area contributed by atoms with Gasteiger partial charge in [-0.3, -0.25) is 14.3 Å². The minimum absolute atomic E-state index is 0.0663. The summed E-state index contributed by atoms with van der Waals surface area (Å²) >= 11 is 1.70. The SMILES string of the molecule is O=c1c2c3c(sc2ncn1Cc1cccc2cccnc12)CC(NC1CCc2ccccc21)CC3. The van der Waals surface area contributed by atoms with E-state index in [1.807, 2.05) is 18.2 Å². The quantitative estimate of drug-likeness (QED) is 0.386. The maximum absolute atomic E-state index is 13.6. The maximum atomic E-state index is 13.6. The molecule has 2 unspecified atom stereocenters. The van der Waals surface area contributed by atoms with Crippen molar-refractivity contribution >= 4 is 32.5 Å². The lowest BCUT2D eigenvalue weighted by atomic mass is 9.92. The molecule has 174 valence electrons. The van der Waals surface area contributed by atoms with Crippen molar-refractivity contribution < 1.29 is 0 Å². The summed E-state index contributed by atoms with van der Waals surface area (Å²) in [5.74, 6) is 0. The highest BCUT2D eigenvalue weighted by Crippen LogP contribution is 2.36. The van der Waals surface area contributed by atoms with Gasteiger partial charge in [0.1, 0.15) is 4.83 Å². The van der Waals surface area contributed by atoms with Gasteiger partial charge >= 0.3 is 0 Å². The third-order valence-corrected chi connectivity index (χ3v) is 8.82. The second-order valence-corrected chi connectivity index (χ2v) is 10.8. The normalized spacial score (nSPS) is 19.2. The average molecular weight is 479 g/mol. The second kappa shape index (κ2) is 8.40. The fraction of sp³-hybridized carbons (Fsp3) is 0.276. The molecular formula is C29H26N4OS. The fourth-order valence-electron chi connectivity index (χ4n) is 5.95. The number of hydrogen-bond acceptors (Lipinski definition) is 5. The van der Waals surface area contributed by atoms with Gasteiger partial charge in [0.25, 0.3) is 5.56 Å². The summed E-state index contributed by atoms with van der Waals surface area (Å²) in [6.45, 7) is 0.478. The van der Waals surface area contributed by atoms with Crippen LogP contribution in [0, 0.1) is 0 Å². The van der Waals surface area contributed by atoms with Crippen LogP contribution in [0.4, 0.5) is 0 Å². The molecule has 2 atom stereocenters. The maximum Gasteiger partial charge on any atom is 0.262 e. The van der Waals surface area contributed by atoms with Crippen molar-refractivity contribution in [3.05, 3.63) is 105 Å². The van der Waals surface area contributed by atoms with E-state index in [1.54, 1.807) is 28.4 Å². The molecule has 5 aromatic rings. The van der Waals surface area contributed by atoms with Gasteiger partial charge in [-0.1, -0.05) is 48.5 Å². The number of rotatable bonds is 4. The number of aryl methyl sites for hydroxylation is 2. The molecule has 7 rings (SSSR count). The number of nitrogens with zero attached hydrogens (tertiary/aromatic N) is 3. The Kier molecular flexibility index (Phi) is 5.03. The minimum atomic E-state index is 0.0663. The van der Waals surface area contributed by atoms with Gasteiger partial charge in [0, 0.05) is 28.5 Å². The highest BCUT2D eigenvalue weighted by atomic mass is 32.1. The van der Waals surface area contributed by atoms with Crippen LogP contribution in [0.25, 0.3) is 21.1 Å². The highest BCUT2D eigenvalue weighted by molar-refractivity contribution is 7.18. The molecule has 1 N–H and O–H groups in total. The Morgan fingerprint density at radius 1 is 1.00 bits per heavy atom. The van der Waals surface area contributed by atoms with E-state index in [9.17, 15) is 4.79 Å². The molecule has 0 aliphatic heterocycles. The van der Waals surface area contributed by atoms with Crippen LogP contribution in [-0.2, 0) is 25.8 Å². The van der Waals surface area contributed by atoms with E-state index in [1.165, 1.54) is 28.0 Å². The molecule has 0 fully saturated rings. The predicted octanol–water partition coefficient (Wildman–Crippen LogP) is 5.19. The number of hydrogen-bond donors (Lipinski definition) is 1. The second-order valence-electron chi connectivity index (χ2n) is 9.75. The standard InChI is InChI=1S/C29H26N4OS/c34-29-26-23-12-11-21(32-24-13-10-18-5-1-2-9-22(18)24)15-25(23)35-28(26)31-17-33(29)16-20-7-3-6-19-8-4-14-30-27(19)20/h1-9,14,17,21,24,32H,10-13,15-16H2. The minimum Gasteiger partial charge on any atom is -0.307 e. The van der Waals surface area contributed by atoms with Gasteiger partial charge in [-0.25, -0.2) is 4.98 Å². The largest absolute Gasteiger partial charge is 0.307 e. The van der Waals surface area contributed by atoms with Crippen molar-refractivity contribution in [2.24, 2.45) is 0 Å². The van der Waals surface area contributed by atoms with Crippen molar-refractivity contribution in [3.8, 4) is 0 Å². The molecule has 3 aromatic heterocycles. The first-order valence-electron chi connectivity index (χ1n) is 12.4. The van der Waals surface area contributed by atoms with Crippen molar-refractivity contribution in [1.82, 2.24) is 19.9 Å². The molecule has 6 heteroatoms. The van der Waals surface area contributed by atoms with Crippen LogP contribution in [0.2, 0.25) is 0 Å². The lowest BCUT2D eigenvalue weighted by Crippen LogP contribution is -2.36. The van der Waals surface area contributed by atoms with E-state index >= 15 is 0 Å². The Labute approximate surface area is 207 Å². The number of thiophene rings is 1. The highest BCUT2D eigenvalue weighted by Gasteiger charge is 2.29. The van der Waals surface area contributed by atoms with E-state index in [4.69, 9.17) is 4.98 Å². The lowest BCUT2D eigenvalue weighted by molar-refractivity contribution is 0.400. The van der Waals surface area contributed by atoms with Crippen LogP contribution in [0.3, 0.4) is 0 Å². The summed E-state index contributed by atoms with van der Waals surface area (Å²) in [7, 11) is 0. The molecule has 5 nitrogen and oxygen atoms in total. The van der Waals surface area contributed by atoms with Gasteiger partial charge < -0.3 is 5.32 Å². The Hall–Kier alpha value is -3.35. The Bertz CT molecular complexity index is 1630. The van der Waals surface area contributed by atoms with Crippen LogP contribution in [0.5, 0.6) is 0 Å². The summed E-state index contributed by atoms with van der Waals surface area (Å²) < 4.78 is 1.75. The number of aromatic nitrogens is 3. The van der Waals surface area contributed by atoms with Crippen LogP contribution in [0.15, 0.2) is 71.9 Å². The number of benzene rings is 2. The van der Waals surface area contributed by atoms with Gasteiger partial charge in [0.2, 0.25) is 0 Å². The average Bonchev–Trinajstić information content (AvgIpc) is 3.47. The summed E-state index contributed by atoms with van der Waals surface area (Å²) in [5.41, 5.74) is 6.21. The Morgan fingerprint density at radius 3 is 2.89 bits per heavy atom. The molecule has 0 saturated carbocycles. The van der Waals surface area contributed by atoms with Crippen LogP contribution in [-0.4, -0.2) is 20.6 Å². The number of para-hydroxylation sites is 1. The monoisotopic (exact) mass is 478 g/mol. The van der Waals surface area contributed by atoms with Gasteiger partial charge in [0.15, 0.2) is 0 Å². The molecule has 0 spiro atoms. The van der Waals surface area contributed by atoms with Crippen molar-refractivity contribution in [2.75, 3.05) is 0 Å². The first-order chi connectivity index (χ1) is 17.2. The van der Waals surface area contributed by atoms with E-state index in [0.29, 0.717) is 18.6 Å². The number of fused-ring (bicyclic) bond motifs is 5. The Morgan fingerprint density at radius 2 is 1.91 bits per heavy atom. The van der Waals surface area contributed by atoms with Crippen LogP contribution >= 0.6 is 11.3 Å². The van der Waals surface area contributed by atoms with E-state index < -0.39 is 0 Å². The zero-order chi connectivity index (χ0) is 23.4. The van der Waals surface area contributed by atoms with Crippen LogP contribution < -0.4 is 10.9 Å². The molecule has 2 aliphatic rings. The van der Waals surface area contributed by atoms with E-state index in [2.05, 4.69) is 46.7 Å². The Balaban J connectivity index is 1.17. The van der Waals surface area contributed by atoms with E-state index in [0.717, 1.165) is 52.4 Å². The zero-order valence-electron chi connectivity index (χ0n) is 19.4. The molecule has 0 amide bonds. The topological polar surface area (TPSA) is 59.8 Å². The van der Waals surface area contributed by atoms with Crippen molar-refractivity contribution in [3.63, 3.8) is 0 Å². The predicted molar refractivity (Wildman–Crippen MR) is 141 cm³/mol. The van der Waals surface area contributed by atoms with Crippen LogP contribution in [0.1, 0.15) is 46.0 Å². The van der Waals surface area contributed by atoms with Gasteiger partial charge in [-0.15, -0.1) is 11.3 Å². The molecule has 0 saturated heterocycles. The first kappa shape index (κ1) is 21.0. The van der Waals surface area contributed by atoms with Crippen molar-refractivity contribution in [1.29, 1.82) is 0 Å². The molecule has 35 heavy (non-hydrogen) atoms. The zero-order valence-corrected chi connectivity index (χ0v) is 20.2. The molecule has 2 aliphatic carbocycles. The molecule has 0 bridgehead atoms. The molecule has 2 aromatic carbocycles. The third kappa shape index (κ3) is 3.60. The fourth-order valence-corrected chi connectivity index (χ4v) is 7.21. The molecule has 3 heterocycles. The number of nitrogens with one attached hydrogen (secondary N) is 1. The summed E-state index contributed by atoms with van der Waals surface area (Å²) in [6, 6.07) is 19.8. The lowest BCUT2D eigenvalue weighted by Gasteiger charge is -2.27. The van der Waals surface area contributed by atoms with Gasteiger partial charge in [0.05, 0.1) is 23.8 Å².